The first-order chi connectivity index (χ1) is 11.1. The number of amides is 1. The number of thiazole rings is 1. The predicted octanol–water partition coefficient (Wildman–Crippen LogP) is 4.30. The zero-order chi connectivity index (χ0) is 16.2. The van der Waals surface area contributed by atoms with Crippen LogP contribution in [0, 0.1) is 11.6 Å². The maximum atomic E-state index is 13.6. The van der Waals surface area contributed by atoms with E-state index in [4.69, 9.17) is 0 Å². The Morgan fingerprint density at radius 3 is 2.67 bits per heavy atom. The Morgan fingerprint density at radius 2 is 1.92 bits per heavy atom. The van der Waals surface area contributed by atoms with Crippen LogP contribution in [0.25, 0.3) is 11.3 Å². The monoisotopic (exact) mass is 347 g/mol. The minimum atomic E-state index is -1.00. The molecule has 0 spiro atoms. The number of rotatable bonds is 4. The Bertz CT molecular complexity index is 837. The summed E-state index contributed by atoms with van der Waals surface area (Å²) in [5.41, 5.74) is 1.60. The summed E-state index contributed by atoms with van der Waals surface area (Å²) in [6.45, 7) is 0. The van der Waals surface area contributed by atoms with E-state index in [1.54, 1.807) is 17.8 Å². The molecule has 1 aromatic carbocycles. The lowest BCUT2D eigenvalue weighted by Gasteiger charge is -2.04. The molecule has 0 bridgehead atoms. The highest BCUT2D eigenvalue weighted by Crippen LogP contribution is 2.24. The number of nitrogens with one attached hydrogen (secondary N) is 1. The number of carbonyl (C=O) groups is 1. The van der Waals surface area contributed by atoms with Crippen LogP contribution in [-0.2, 0) is 11.2 Å². The number of hydrogen-bond donors (Lipinski definition) is 1. The first kappa shape index (κ1) is 17.7. The third-order valence-electron chi connectivity index (χ3n) is 3.11. The van der Waals surface area contributed by atoms with Gasteiger partial charge in [0.2, 0.25) is 5.91 Å². The van der Waals surface area contributed by atoms with Crippen LogP contribution in [-0.4, -0.2) is 15.9 Å². The molecule has 24 heavy (non-hydrogen) atoms. The van der Waals surface area contributed by atoms with Gasteiger partial charge in [-0.2, -0.15) is 0 Å². The molecule has 2 heterocycles. The van der Waals surface area contributed by atoms with Crippen molar-refractivity contribution in [1.29, 1.82) is 0 Å². The zero-order valence-electron chi connectivity index (χ0n) is 11.8. The largest absolute Gasteiger partial charge is 0.302 e. The zero-order valence-corrected chi connectivity index (χ0v) is 12.6. The van der Waals surface area contributed by atoms with Gasteiger partial charge >= 0.3 is 0 Å². The number of hydrogen-bond acceptors (Lipinski definition) is 4. The lowest BCUT2D eigenvalue weighted by Crippen LogP contribution is -2.15. The summed E-state index contributed by atoms with van der Waals surface area (Å²) in [6.07, 6.45) is 3.05. The fraction of sp³-hybridized carbons (Fsp3) is 0.118. The maximum Gasteiger partial charge on any atom is 0.230 e. The fourth-order valence-electron chi connectivity index (χ4n) is 2.01. The third kappa shape index (κ3) is 3.99. The van der Waals surface area contributed by atoms with E-state index in [0.717, 1.165) is 11.6 Å². The van der Waals surface area contributed by atoms with Gasteiger partial charge in [0, 0.05) is 28.9 Å². The molecule has 0 saturated heterocycles. The topological polar surface area (TPSA) is 54.9 Å². The SMILES string of the molecule is C.O=C(Cc1cccc(F)c1F)Nc1nc(-c2ccncc2)cs1. The lowest BCUT2D eigenvalue weighted by atomic mass is 10.1. The highest BCUT2D eigenvalue weighted by molar-refractivity contribution is 7.14. The first-order valence-electron chi connectivity index (χ1n) is 6.72. The minimum absolute atomic E-state index is 0. The lowest BCUT2D eigenvalue weighted by molar-refractivity contribution is -0.115. The number of anilines is 1. The van der Waals surface area contributed by atoms with E-state index in [0.29, 0.717) is 10.8 Å². The van der Waals surface area contributed by atoms with E-state index >= 15 is 0 Å². The van der Waals surface area contributed by atoms with Crippen molar-refractivity contribution >= 4 is 22.4 Å². The van der Waals surface area contributed by atoms with Gasteiger partial charge in [0.25, 0.3) is 0 Å². The van der Waals surface area contributed by atoms with Crippen molar-refractivity contribution in [3.05, 3.63) is 65.3 Å². The summed E-state index contributed by atoms with van der Waals surface area (Å²) >= 11 is 1.26. The van der Waals surface area contributed by atoms with Gasteiger partial charge < -0.3 is 5.32 Å². The van der Waals surface area contributed by atoms with Crippen LogP contribution in [0.3, 0.4) is 0 Å². The second-order valence-electron chi connectivity index (χ2n) is 4.71. The number of halogens is 2. The molecule has 0 fully saturated rings. The highest BCUT2D eigenvalue weighted by Gasteiger charge is 2.13. The van der Waals surface area contributed by atoms with Crippen molar-refractivity contribution in [2.75, 3.05) is 5.32 Å². The van der Waals surface area contributed by atoms with E-state index in [-0.39, 0.29) is 19.4 Å². The van der Waals surface area contributed by atoms with Crippen LogP contribution in [0.4, 0.5) is 13.9 Å². The Hall–Kier alpha value is -2.67. The van der Waals surface area contributed by atoms with Gasteiger partial charge in [-0.15, -0.1) is 11.3 Å². The quantitative estimate of drug-likeness (QED) is 0.765. The van der Waals surface area contributed by atoms with Crippen molar-refractivity contribution in [2.45, 2.75) is 13.8 Å². The smallest absolute Gasteiger partial charge is 0.230 e. The van der Waals surface area contributed by atoms with E-state index < -0.39 is 17.5 Å². The van der Waals surface area contributed by atoms with Gasteiger partial charge in [-0.1, -0.05) is 19.6 Å². The molecule has 0 saturated carbocycles. The van der Waals surface area contributed by atoms with Gasteiger partial charge in [-0.3, -0.25) is 9.78 Å². The van der Waals surface area contributed by atoms with Gasteiger partial charge in [0.15, 0.2) is 16.8 Å². The molecule has 0 atom stereocenters. The Kier molecular flexibility index (Phi) is 5.70. The molecule has 3 aromatic rings. The molecule has 7 heteroatoms. The summed E-state index contributed by atoms with van der Waals surface area (Å²) in [7, 11) is 0. The van der Waals surface area contributed by atoms with Gasteiger partial charge in [0.05, 0.1) is 12.1 Å². The average Bonchev–Trinajstić information content (AvgIpc) is 3.01. The van der Waals surface area contributed by atoms with Gasteiger partial charge in [-0.05, 0) is 18.2 Å². The first-order valence-corrected chi connectivity index (χ1v) is 7.60. The molecule has 2 aromatic heterocycles. The van der Waals surface area contributed by atoms with Gasteiger partial charge in [-0.25, -0.2) is 13.8 Å². The van der Waals surface area contributed by atoms with Crippen LogP contribution in [0.5, 0.6) is 0 Å². The van der Waals surface area contributed by atoms with Crippen molar-refractivity contribution in [1.82, 2.24) is 9.97 Å². The molecule has 4 nitrogen and oxygen atoms in total. The summed E-state index contributed by atoms with van der Waals surface area (Å²) in [6, 6.07) is 7.37. The molecule has 0 aliphatic heterocycles. The molecule has 1 amide bonds. The fourth-order valence-corrected chi connectivity index (χ4v) is 2.74. The Labute approximate surface area is 142 Å². The predicted molar refractivity (Wildman–Crippen MR) is 90.8 cm³/mol. The second kappa shape index (κ2) is 7.74. The molecule has 0 radical (unpaired) electrons. The molecule has 124 valence electrons. The number of nitrogens with zero attached hydrogens (tertiary/aromatic N) is 2. The summed E-state index contributed by atoms with van der Waals surface area (Å²) < 4.78 is 26.7. The number of pyridine rings is 1. The molecular formula is C17H15F2N3OS. The van der Waals surface area contributed by atoms with Crippen LogP contribution in [0.2, 0.25) is 0 Å². The van der Waals surface area contributed by atoms with Crippen LogP contribution in [0.1, 0.15) is 13.0 Å². The molecule has 0 unspecified atom stereocenters. The maximum absolute atomic E-state index is 13.6. The summed E-state index contributed by atoms with van der Waals surface area (Å²) in [5.74, 6) is -2.42. The number of carbonyl (C=O) groups excluding carboxylic acids is 1. The second-order valence-corrected chi connectivity index (χ2v) is 5.57. The van der Waals surface area contributed by atoms with E-state index in [1.165, 1.54) is 23.5 Å². The van der Waals surface area contributed by atoms with E-state index in [9.17, 15) is 13.6 Å². The molecule has 0 aliphatic rings. The standard InChI is InChI=1S/C16H11F2N3OS.CH4/c17-12-3-1-2-11(15(12)18)8-14(22)21-16-20-13(9-23-16)10-4-6-19-7-5-10;/h1-7,9H,8H2,(H,20,21,22);1H4. The normalized spacial score (nSPS) is 10.1. The van der Waals surface area contributed by atoms with Crippen molar-refractivity contribution in [2.24, 2.45) is 0 Å². The molecule has 0 aliphatic carbocycles. The van der Waals surface area contributed by atoms with E-state index in [2.05, 4.69) is 15.3 Å². The van der Waals surface area contributed by atoms with E-state index in [1.807, 2.05) is 12.1 Å². The van der Waals surface area contributed by atoms with Crippen molar-refractivity contribution in [3.8, 4) is 11.3 Å². The molecule has 3 rings (SSSR count). The molecule has 1 N–H and O–H groups in total. The Balaban J connectivity index is 0.00000208. The minimum Gasteiger partial charge on any atom is -0.302 e. The van der Waals surface area contributed by atoms with Crippen LogP contribution < -0.4 is 5.32 Å². The highest BCUT2D eigenvalue weighted by atomic mass is 32.1. The van der Waals surface area contributed by atoms with Crippen molar-refractivity contribution in [3.63, 3.8) is 0 Å². The average molecular weight is 347 g/mol. The number of aromatic nitrogens is 2. The van der Waals surface area contributed by atoms with Crippen molar-refractivity contribution < 1.29 is 13.6 Å². The molecular weight excluding hydrogens is 332 g/mol. The Morgan fingerprint density at radius 1 is 1.17 bits per heavy atom. The third-order valence-corrected chi connectivity index (χ3v) is 3.87. The van der Waals surface area contributed by atoms with Crippen LogP contribution >= 0.6 is 11.3 Å². The van der Waals surface area contributed by atoms with Crippen LogP contribution in [0.15, 0.2) is 48.1 Å². The summed E-state index contributed by atoms with van der Waals surface area (Å²) in [5, 5.41) is 4.79. The summed E-state index contributed by atoms with van der Waals surface area (Å²) in [4.78, 5) is 20.2. The number of benzene rings is 1. The van der Waals surface area contributed by atoms with Gasteiger partial charge in [0.1, 0.15) is 0 Å².